The smallest absolute Gasteiger partial charge is 0.237 e. The Morgan fingerprint density at radius 2 is 2.45 bits per heavy atom. The summed E-state index contributed by atoms with van der Waals surface area (Å²) in [6.45, 7) is 6.13. The van der Waals surface area contributed by atoms with Gasteiger partial charge < -0.3 is 10.4 Å². The molecular formula is C15H24N2O2S. The van der Waals surface area contributed by atoms with Crippen molar-refractivity contribution in [1.82, 2.24) is 10.2 Å². The quantitative estimate of drug-likeness (QED) is 0.843. The summed E-state index contributed by atoms with van der Waals surface area (Å²) >= 11 is 1.51. The number of rotatable bonds is 6. The first-order valence-corrected chi connectivity index (χ1v) is 8.20. The lowest BCUT2D eigenvalue weighted by Gasteiger charge is -2.26. The number of thiophene rings is 1. The summed E-state index contributed by atoms with van der Waals surface area (Å²) in [5, 5.41) is 15.3. The van der Waals surface area contributed by atoms with Crippen LogP contribution in [0.1, 0.15) is 38.0 Å². The fourth-order valence-electron chi connectivity index (χ4n) is 2.73. The maximum atomic E-state index is 12.3. The summed E-state index contributed by atoms with van der Waals surface area (Å²) in [5.74, 6) is 0.0489. The zero-order valence-corrected chi connectivity index (χ0v) is 13.1. The highest BCUT2D eigenvalue weighted by atomic mass is 32.1. The summed E-state index contributed by atoms with van der Waals surface area (Å²) < 4.78 is 0. The van der Waals surface area contributed by atoms with Crippen LogP contribution in [0.15, 0.2) is 17.5 Å². The Morgan fingerprint density at radius 3 is 3.10 bits per heavy atom. The lowest BCUT2D eigenvalue weighted by Crippen LogP contribution is -2.47. The maximum Gasteiger partial charge on any atom is 0.237 e. The van der Waals surface area contributed by atoms with Gasteiger partial charge in [0.05, 0.1) is 12.6 Å². The van der Waals surface area contributed by atoms with E-state index in [4.69, 9.17) is 0 Å². The predicted octanol–water partition coefficient (Wildman–Crippen LogP) is 1.95. The molecule has 4 nitrogen and oxygen atoms in total. The summed E-state index contributed by atoms with van der Waals surface area (Å²) in [7, 11) is 0. The number of hydrogen-bond donors (Lipinski definition) is 2. The van der Waals surface area contributed by atoms with Gasteiger partial charge in [-0.3, -0.25) is 9.69 Å². The van der Waals surface area contributed by atoms with Gasteiger partial charge in [-0.05, 0) is 50.7 Å². The van der Waals surface area contributed by atoms with Gasteiger partial charge in [-0.2, -0.15) is 0 Å². The molecule has 2 rings (SSSR count). The maximum absolute atomic E-state index is 12.3. The van der Waals surface area contributed by atoms with Crippen molar-refractivity contribution in [3.05, 3.63) is 22.4 Å². The van der Waals surface area contributed by atoms with Crippen LogP contribution < -0.4 is 5.32 Å². The fraction of sp³-hybridized carbons (Fsp3) is 0.667. The first-order valence-electron chi connectivity index (χ1n) is 7.32. The minimum Gasteiger partial charge on any atom is -0.383 e. The molecule has 0 saturated carbocycles. The van der Waals surface area contributed by atoms with Crippen LogP contribution in [0, 0.1) is 0 Å². The molecule has 2 atom stereocenters. The Kier molecular flexibility index (Phi) is 5.18. The summed E-state index contributed by atoms with van der Waals surface area (Å²) in [6.07, 6.45) is 3.07. The molecule has 1 saturated heterocycles. The van der Waals surface area contributed by atoms with Crippen molar-refractivity contribution in [3.63, 3.8) is 0 Å². The largest absolute Gasteiger partial charge is 0.383 e. The molecule has 0 unspecified atom stereocenters. The van der Waals surface area contributed by atoms with Crippen LogP contribution in [-0.4, -0.2) is 41.6 Å². The lowest BCUT2D eigenvalue weighted by molar-refractivity contribution is -0.126. The van der Waals surface area contributed by atoms with Gasteiger partial charge in [0, 0.05) is 4.88 Å². The zero-order chi connectivity index (χ0) is 14.6. The van der Waals surface area contributed by atoms with Crippen molar-refractivity contribution in [2.45, 2.75) is 44.8 Å². The second kappa shape index (κ2) is 6.70. The van der Waals surface area contributed by atoms with Crippen LogP contribution in [0.4, 0.5) is 0 Å². The average molecular weight is 296 g/mol. The van der Waals surface area contributed by atoms with Crippen molar-refractivity contribution in [2.24, 2.45) is 0 Å². The molecule has 1 aromatic rings. The van der Waals surface area contributed by atoms with E-state index in [2.05, 4.69) is 17.1 Å². The molecule has 0 aliphatic carbocycles. The minimum atomic E-state index is -0.988. The molecule has 1 fully saturated rings. The second-order valence-corrected chi connectivity index (χ2v) is 6.61. The molecule has 5 heteroatoms. The van der Waals surface area contributed by atoms with Crippen LogP contribution in [-0.2, 0) is 10.4 Å². The first-order chi connectivity index (χ1) is 9.54. The number of nitrogens with zero attached hydrogens (tertiary/aromatic N) is 1. The van der Waals surface area contributed by atoms with Gasteiger partial charge in [0.15, 0.2) is 0 Å². The molecular weight excluding hydrogens is 272 g/mol. The molecule has 1 amide bonds. The Labute approximate surface area is 124 Å². The molecule has 2 heterocycles. The van der Waals surface area contributed by atoms with Crippen molar-refractivity contribution in [3.8, 4) is 0 Å². The van der Waals surface area contributed by atoms with Crippen LogP contribution in [0.3, 0.4) is 0 Å². The Balaban J connectivity index is 1.89. The van der Waals surface area contributed by atoms with Crippen molar-refractivity contribution >= 4 is 17.2 Å². The van der Waals surface area contributed by atoms with Crippen molar-refractivity contribution in [2.75, 3.05) is 19.6 Å². The van der Waals surface area contributed by atoms with Gasteiger partial charge in [0.25, 0.3) is 0 Å². The highest BCUT2D eigenvalue weighted by Crippen LogP contribution is 2.25. The van der Waals surface area contributed by atoms with E-state index in [1.807, 2.05) is 17.5 Å². The van der Waals surface area contributed by atoms with Gasteiger partial charge in [-0.1, -0.05) is 13.0 Å². The molecule has 0 bridgehead atoms. The normalized spacial score (nSPS) is 22.6. The van der Waals surface area contributed by atoms with Crippen LogP contribution >= 0.6 is 11.3 Å². The van der Waals surface area contributed by atoms with Crippen LogP contribution in [0.5, 0.6) is 0 Å². The monoisotopic (exact) mass is 296 g/mol. The lowest BCUT2D eigenvalue weighted by atomic mass is 10.0. The summed E-state index contributed by atoms with van der Waals surface area (Å²) in [6, 6.07) is 3.79. The third-order valence-electron chi connectivity index (χ3n) is 3.84. The van der Waals surface area contributed by atoms with E-state index in [1.54, 1.807) is 6.92 Å². The molecule has 112 valence electrons. The third-order valence-corrected chi connectivity index (χ3v) is 4.96. The first kappa shape index (κ1) is 15.5. The highest BCUT2D eigenvalue weighted by molar-refractivity contribution is 7.10. The number of likely N-dealkylation sites (tertiary alicyclic amines) is 1. The molecule has 0 aromatic carbocycles. The standard InChI is InChI=1S/C15H24N2O2S/c1-3-8-17-9-4-6-12(17)14(18)16-11-15(2,19)13-7-5-10-20-13/h5,7,10,12,19H,3-4,6,8-9,11H2,1-2H3,(H,16,18)/t12-,15-/m1/s1. The van der Waals surface area contributed by atoms with Gasteiger partial charge in [-0.15, -0.1) is 11.3 Å². The van der Waals surface area contributed by atoms with E-state index >= 15 is 0 Å². The molecule has 1 aromatic heterocycles. The molecule has 0 radical (unpaired) electrons. The molecule has 1 aliphatic heterocycles. The molecule has 0 spiro atoms. The summed E-state index contributed by atoms with van der Waals surface area (Å²) in [5.41, 5.74) is -0.988. The third kappa shape index (κ3) is 3.59. The van der Waals surface area contributed by atoms with Crippen molar-refractivity contribution in [1.29, 1.82) is 0 Å². The van der Waals surface area contributed by atoms with E-state index < -0.39 is 5.60 Å². The second-order valence-electron chi connectivity index (χ2n) is 5.66. The Morgan fingerprint density at radius 1 is 1.65 bits per heavy atom. The zero-order valence-electron chi connectivity index (χ0n) is 12.3. The van der Waals surface area contributed by atoms with Gasteiger partial charge >= 0.3 is 0 Å². The Hall–Kier alpha value is -0.910. The number of carbonyl (C=O) groups excluding carboxylic acids is 1. The minimum absolute atomic E-state index is 0.0194. The topological polar surface area (TPSA) is 52.6 Å². The predicted molar refractivity (Wildman–Crippen MR) is 81.8 cm³/mol. The Bertz CT molecular complexity index is 431. The SMILES string of the molecule is CCCN1CCC[C@@H]1C(=O)NC[C@@](C)(O)c1cccs1. The molecule has 2 N–H and O–H groups in total. The average Bonchev–Trinajstić information content (AvgIpc) is 3.07. The van der Waals surface area contributed by atoms with E-state index in [0.717, 1.165) is 37.2 Å². The number of hydrogen-bond acceptors (Lipinski definition) is 4. The number of nitrogens with one attached hydrogen (secondary N) is 1. The van der Waals surface area contributed by atoms with Crippen molar-refractivity contribution < 1.29 is 9.90 Å². The van der Waals surface area contributed by atoms with Gasteiger partial charge in [-0.25, -0.2) is 0 Å². The van der Waals surface area contributed by atoms with E-state index in [9.17, 15) is 9.90 Å². The van der Waals surface area contributed by atoms with E-state index in [0.29, 0.717) is 0 Å². The highest BCUT2D eigenvalue weighted by Gasteiger charge is 2.32. The van der Waals surface area contributed by atoms with Gasteiger partial charge in [0.2, 0.25) is 5.91 Å². The van der Waals surface area contributed by atoms with Crippen LogP contribution in [0.25, 0.3) is 0 Å². The van der Waals surface area contributed by atoms with Gasteiger partial charge in [0.1, 0.15) is 5.60 Å². The van der Waals surface area contributed by atoms with E-state index in [1.165, 1.54) is 11.3 Å². The molecule has 20 heavy (non-hydrogen) atoms. The fourth-order valence-corrected chi connectivity index (χ4v) is 3.51. The number of aliphatic hydroxyl groups is 1. The van der Waals surface area contributed by atoms with Crippen LogP contribution in [0.2, 0.25) is 0 Å². The molecule has 1 aliphatic rings. The van der Waals surface area contributed by atoms with E-state index in [-0.39, 0.29) is 18.5 Å². The number of amides is 1. The number of carbonyl (C=O) groups is 1. The summed E-state index contributed by atoms with van der Waals surface area (Å²) in [4.78, 5) is 15.4.